The highest BCUT2D eigenvalue weighted by Crippen LogP contribution is 2.31. The molecule has 158 valence electrons. The number of ether oxygens (including phenoxy) is 1. The SMILES string of the molecule is CN(CCOc1cccc(Cl)c1)C(=O)c1oc2ccccc2c1CSc1ncccn1. The van der Waals surface area contributed by atoms with E-state index in [1.54, 1.807) is 42.5 Å². The molecule has 2 aromatic carbocycles. The number of carbonyl (C=O) groups is 1. The van der Waals surface area contributed by atoms with E-state index in [2.05, 4.69) is 9.97 Å². The predicted octanol–water partition coefficient (Wildman–Crippen LogP) is 5.32. The van der Waals surface area contributed by atoms with E-state index in [1.807, 2.05) is 36.4 Å². The van der Waals surface area contributed by atoms with Gasteiger partial charge in [-0.2, -0.15) is 0 Å². The van der Waals surface area contributed by atoms with Gasteiger partial charge in [0.1, 0.15) is 17.9 Å². The summed E-state index contributed by atoms with van der Waals surface area (Å²) in [7, 11) is 1.73. The molecule has 0 aliphatic heterocycles. The Bertz CT molecular complexity index is 1180. The number of aromatic nitrogens is 2. The summed E-state index contributed by atoms with van der Waals surface area (Å²) >= 11 is 7.44. The smallest absolute Gasteiger partial charge is 0.289 e. The van der Waals surface area contributed by atoms with E-state index in [4.69, 9.17) is 20.8 Å². The number of fused-ring (bicyclic) bond motifs is 1. The zero-order valence-electron chi connectivity index (χ0n) is 16.8. The second-order valence-electron chi connectivity index (χ2n) is 6.76. The highest BCUT2D eigenvalue weighted by atomic mass is 35.5. The van der Waals surface area contributed by atoms with Gasteiger partial charge in [0.2, 0.25) is 0 Å². The van der Waals surface area contributed by atoms with Crippen LogP contribution in [0.25, 0.3) is 11.0 Å². The number of halogens is 1. The van der Waals surface area contributed by atoms with Crippen LogP contribution in [-0.2, 0) is 5.75 Å². The maximum atomic E-state index is 13.2. The Labute approximate surface area is 189 Å². The minimum atomic E-state index is -0.199. The number of hydrogen-bond acceptors (Lipinski definition) is 6. The van der Waals surface area contributed by atoms with Crippen LogP contribution >= 0.6 is 23.4 Å². The van der Waals surface area contributed by atoms with Gasteiger partial charge < -0.3 is 14.1 Å². The molecule has 2 heterocycles. The Morgan fingerprint density at radius 3 is 2.74 bits per heavy atom. The third kappa shape index (κ3) is 5.18. The molecule has 6 nitrogen and oxygen atoms in total. The van der Waals surface area contributed by atoms with Crippen LogP contribution in [0.2, 0.25) is 5.02 Å². The molecule has 0 spiro atoms. The molecule has 2 aromatic heterocycles. The van der Waals surface area contributed by atoms with Gasteiger partial charge in [0, 0.05) is 41.2 Å². The first-order chi connectivity index (χ1) is 15.1. The first kappa shape index (κ1) is 21.2. The van der Waals surface area contributed by atoms with Crippen LogP contribution in [0.4, 0.5) is 0 Å². The lowest BCUT2D eigenvalue weighted by atomic mass is 10.1. The van der Waals surface area contributed by atoms with Gasteiger partial charge in [0.05, 0.1) is 6.54 Å². The van der Waals surface area contributed by atoms with Gasteiger partial charge in [-0.3, -0.25) is 4.79 Å². The molecule has 0 aliphatic rings. The molecule has 4 rings (SSSR count). The molecule has 0 saturated carbocycles. The first-order valence-corrected chi connectivity index (χ1v) is 11.0. The van der Waals surface area contributed by atoms with Crippen molar-refractivity contribution in [1.82, 2.24) is 14.9 Å². The number of rotatable bonds is 8. The first-order valence-electron chi connectivity index (χ1n) is 9.66. The van der Waals surface area contributed by atoms with Gasteiger partial charge in [0.25, 0.3) is 5.91 Å². The van der Waals surface area contributed by atoms with Crippen molar-refractivity contribution in [2.75, 3.05) is 20.2 Å². The molecule has 1 amide bonds. The summed E-state index contributed by atoms with van der Waals surface area (Å²) in [5, 5.41) is 2.17. The Kier molecular flexibility index (Phi) is 6.74. The number of amides is 1. The van der Waals surface area contributed by atoms with Crippen molar-refractivity contribution in [1.29, 1.82) is 0 Å². The second kappa shape index (κ2) is 9.85. The summed E-state index contributed by atoms with van der Waals surface area (Å²) in [5.74, 6) is 1.32. The fourth-order valence-corrected chi connectivity index (χ4v) is 4.05. The monoisotopic (exact) mass is 453 g/mol. The molecule has 31 heavy (non-hydrogen) atoms. The van der Waals surface area contributed by atoms with Crippen LogP contribution in [0.15, 0.2) is 76.6 Å². The maximum Gasteiger partial charge on any atom is 0.289 e. The van der Waals surface area contributed by atoms with Crippen molar-refractivity contribution in [2.24, 2.45) is 0 Å². The van der Waals surface area contributed by atoms with E-state index in [9.17, 15) is 4.79 Å². The summed E-state index contributed by atoms with van der Waals surface area (Å²) in [4.78, 5) is 23.2. The van der Waals surface area contributed by atoms with Crippen LogP contribution in [0.3, 0.4) is 0 Å². The van der Waals surface area contributed by atoms with Gasteiger partial charge >= 0.3 is 0 Å². The molecule has 0 fully saturated rings. The van der Waals surface area contributed by atoms with Crippen molar-refractivity contribution in [3.63, 3.8) is 0 Å². The molecule has 0 atom stereocenters. The average molecular weight is 454 g/mol. The quantitative estimate of drug-likeness (QED) is 0.265. The van der Waals surface area contributed by atoms with Crippen LogP contribution in [0.5, 0.6) is 5.75 Å². The summed E-state index contributed by atoms with van der Waals surface area (Å²) in [6.07, 6.45) is 3.39. The van der Waals surface area contributed by atoms with Gasteiger partial charge in [0.15, 0.2) is 10.9 Å². The Morgan fingerprint density at radius 1 is 1.13 bits per heavy atom. The average Bonchev–Trinajstić information content (AvgIpc) is 3.16. The summed E-state index contributed by atoms with van der Waals surface area (Å²) in [6, 6.07) is 16.6. The summed E-state index contributed by atoms with van der Waals surface area (Å²) in [6.45, 7) is 0.738. The van der Waals surface area contributed by atoms with Crippen molar-refractivity contribution >= 4 is 40.2 Å². The van der Waals surface area contributed by atoms with Crippen LogP contribution < -0.4 is 4.74 Å². The minimum absolute atomic E-state index is 0.199. The number of hydrogen-bond donors (Lipinski definition) is 0. The topological polar surface area (TPSA) is 68.5 Å². The van der Waals surface area contributed by atoms with E-state index < -0.39 is 0 Å². The molecular formula is C23H20ClN3O3S. The molecule has 4 aromatic rings. The van der Waals surface area contributed by atoms with E-state index >= 15 is 0 Å². The third-order valence-electron chi connectivity index (χ3n) is 4.62. The van der Waals surface area contributed by atoms with Gasteiger partial charge in [-0.05, 0) is 30.3 Å². The number of thioether (sulfide) groups is 1. The van der Waals surface area contributed by atoms with E-state index in [0.717, 1.165) is 10.9 Å². The van der Waals surface area contributed by atoms with E-state index in [0.29, 0.717) is 46.2 Å². The molecule has 0 N–H and O–H groups in total. The number of likely N-dealkylation sites (N-methyl/N-ethyl adjacent to an activating group) is 1. The van der Waals surface area contributed by atoms with Crippen LogP contribution in [-0.4, -0.2) is 41.0 Å². The molecule has 0 saturated heterocycles. The van der Waals surface area contributed by atoms with Crippen LogP contribution in [0, 0.1) is 0 Å². The van der Waals surface area contributed by atoms with Crippen molar-refractivity contribution in [2.45, 2.75) is 10.9 Å². The second-order valence-corrected chi connectivity index (χ2v) is 8.14. The number of nitrogens with zero attached hydrogens (tertiary/aromatic N) is 3. The lowest BCUT2D eigenvalue weighted by Gasteiger charge is -2.17. The highest BCUT2D eigenvalue weighted by Gasteiger charge is 2.23. The minimum Gasteiger partial charge on any atom is -0.492 e. The zero-order chi connectivity index (χ0) is 21.6. The standard InChI is InChI=1S/C23H20ClN3O3S/c1-27(12-13-29-17-7-4-6-16(24)14-17)22(28)21-19(15-31-23-25-10-5-11-26-23)18-8-2-3-9-20(18)30-21/h2-11,14H,12-13,15H2,1H3. The van der Waals surface area contributed by atoms with E-state index in [1.165, 1.54) is 11.8 Å². The predicted molar refractivity (Wildman–Crippen MR) is 122 cm³/mol. The number of carbonyl (C=O) groups excluding carboxylic acids is 1. The lowest BCUT2D eigenvalue weighted by Crippen LogP contribution is -2.31. The van der Waals surface area contributed by atoms with Crippen LogP contribution in [0.1, 0.15) is 16.1 Å². The van der Waals surface area contributed by atoms with Gasteiger partial charge in [-0.1, -0.05) is 47.6 Å². The zero-order valence-corrected chi connectivity index (χ0v) is 18.4. The lowest BCUT2D eigenvalue weighted by molar-refractivity contribution is 0.0743. The van der Waals surface area contributed by atoms with Gasteiger partial charge in [-0.15, -0.1) is 0 Å². The molecule has 8 heteroatoms. The Morgan fingerprint density at radius 2 is 1.94 bits per heavy atom. The molecule has 0 aliphatic carbocycles. The van der Waals surface area contributed by atoms with Crippen molar-refractivity contribution in [3.8, 4) is 5.75 Å². The molecule has 0 radical (unpaired) electrons. The number of furan rings is 1. The normalized spacial score (nSPS) is 10.9. The largest absolute Gasteiger partial charge is 0.492 e. The third-order valence-corrected chi connectivity index (χ3v) is 5.76. The highest BCUT2D eigenvalue weighted by molar-refractivity contribution is 7.98. The summed E-state index contributed by atoms with van der Waals surface area (Å²) in [5.41, 5.74) is 1.51. The maximum absolute atomic E-state index is 13.2. The van der Waals surface area contributed by atoms with Crippen molar-refractivity contribution < 1.29 is 13.9 Å². The molecular weight excluding hydrogens is 434 g/mol. The number of benzene rings is 2. The Hall–Kier alpha value is -3.03. The van der Waals surface area contributed by atoms with Gasteiger partial charge in [-0.25, -0.2) is 9.97 Å². The molecule has 0 bridgehead atoms. The fourth-order valence-electron chi connectivity index (χ4n) is 3.04. The number of para-hydroxylation sites is 1. The van der Waals surface area contributed by atoms with Crippen molar-refractivity contribution in [3.05, 3.63) is 83.3 Å². The Balaban J connectivity index is 1.48. The fraction of sp³-hybridized carbons (Fsp3) is 0.174. The molecule has 0 unspecified atom stereocenters. The summed E-state index contributed by atoms with van der Waals surface area (Å²) < 4.78 is 11.7. The van der Waals surface area contributed by atoms with E-state index in [-0.39, 0.29) is 5.91 Å².